The molecule has 4 nitrogen and oxygen atoms in total. The molecule has 19 heavy (non-hydrogen) atoms. The first kappa shape index (κ1) is 11.7. The Labute approximate surface area is 111 Å². The summed E-state index contributed by atoms with van der Waals surface area (Å²) in [4.78, 5) is 16.1. The fourth-order valence-corrected chi connectivity index (χ4v) is 2.30. The molecular formula is C15H15N3O. The Morgan fingerprint density at radius 1 is 1.11 bits per heavy atom. The third kappa shape index (κ3) is 2.57. The Bertz CT molecular complexity index is 560. The van der Waals surface area contributed by atoms with Gasteiger partial charge in [-0.15, -0.1) is 0 Å². The molecule has 1 saturated heterocycles. The summed E-state index contributed by atoms with van der Waals surface area (Å²) in [6, 6.07) is 9.84. The quantitative estimate of drug-likeness (QED) is 0.832. The molecule has 2 aliphatic rings. The van der Waals surface area contributed by atoms with Crippen LogP contribution in [0.25, 0.3) is 0 Å². The molecule has 96 valence electrons. The lowest BCUT2D eigenvalue weighted by Crippen LogP contribution is -2.57. The van der Waals surface area contributed by atoms with Gasteiger partial charge in [-0.2, -0.15) is 0 Å². The van der Waals surface area contributed by atoms with Crippen LogP contribution >= 0.6 is 0 Å². The van der Waals surface area contributed by atoms with E-state index < -0.39 is 0 Å². The molecule has 2 N–H and O–H groups in total. The second kappa shape index (κ2) is 5.10. The van der Waals surface area contributed by atoms with Crippen LogP contribution < -0.4 is 10.6 Å². The van der Waals surface area contributed by atoms with Gasteiger partial charge in [0.25, 0.3) is 0 Å². The monoisotopic (exact) mass is 253 g/mol. The van der Waals surface area contributed by atoms with Crippen molar-refractivity contribution in [3.8, 4) is 0 Å². The maximum Gasteiger partial charge on any atom is 0.320 e. The fourth-order valence-electron chi connectivity index (χ4n) is 2.30. The SMILES string of the molecule is O=C1NC(=NCc2ccccc2)C2C=CC=CC2N1. The highest BCUT2D eigenvalue weighted by atomic mass is 16.2. The second-order valence-corrected chi connectivity index (χ2v) is 4.61. The summed E-state index contributed by atoms with van der Waals surface area (Å²) in [6.07, 6.45) is 7.97. The molecule has 1 aromatic carbocycles. The number of allylic oxidation sites excluding steroid dienone is 2. The van der Waals surface area contributed by atoms with Gasteiger partial charge < -0.3 is 5.32 Å². The Balaban J connectivity index is 1.80. The number of carbonyl (C=O) groups is 1. The van der Waals surface area contributed by atoms with E-state index in [4.69, 9.17) is 0 Å². The van der Waals surface area contributed by atoms with E-state index in [1.165, 1.54) is 0 Å². The molecular weight excluding hydrogens is 238 g/mol. The molecule has 0 saturated carbocycles. The molecule has 0 bridgehead atoms. The van der Waals surface area contributed by atoms with Gasteiger partial charge in [0.2, 0.25) is 0 Å². The molecule has 3 rings (SSSR count). The van der Waals surface area contributed by atoms with Crippen molar-refractivity contribution in [1.82, 2.24) is 10.6 Å². The summed E-state index contributed by atoms with van der Waals surface area (Å²) in [5.74, 6) is 0.838. The number of amidine groups is 1. The Morgan fingerprint density at radius 3 is 2.74 bits per heavy atom. The van der Waals surface area contributed by atoms with Crippen molar-refractivity contribution in [2.24, 2.45) is 10.9 Å². The molecule has 1 aliphatic heterocycles. The molecule has 2 amide bonds. The topological polar surface area (TPSA) is 53.5 Å². The number of hydrogen-bond donors (Lipinski definition) is 2. The van der Waals surface area contributed by atoms with Gasteiger partial charge in [0, 0.05) is 0 Å². The maximum atomic E-state index is 11.6. The van der Waals surface area contributed by atoms with Crippen LogP contribution in [0.1, 0.15) is 5.56 Å². The first-order valence-corrected chi connectivity index (χ1v) is 6.34. The van der Waals surface area contributed by atoms with Gasteiger partial charge in [-0.3, -0.25) is 10.3 Å². The van der Waals surface area contributed by atoms with Crippen LogP contribution in [0, 0.1) is 5.92 Å². The number of amides is 2. The van der Waals surface area contributed by atoms with Gasteiger partial charge >= 0.3 is 6.03 Å². The smallest absolute Gasteiger partial charge is 0.320 e. The van der Waals surface area contributed by atoms with E-state index in [0.717, 1.165) is 11.4 Å². The highest BCUT2D eigenvalue weighted by molar-refractivity contribution is 6.02. The summed E-state index contributed by atoms with van der Waals surface area (Å²) in [5, 5.41) is 5.68. The number of nitrogens with one attached hydrogen (secondary N) is 2. The van der Waals surface area contributed by atoms with Crippen molar-refractivity contribution in [3.05, 3.63) is 60.2 Å². The zero-order valence-electron chi connectivity index (χ0n) is 10.4. The summed E-state index contributed by atoms with van der Waals surface area (Å²) in [5.41, 5.74) is 1.13. The third-order valence-electron chi connectivity index (χ3n) is 3.26. The zero-order chi connectivity index (χ0) is 13.1. The minimum Gasteiger partial charge on any atom is -0.331 e. The van der Waals surface area contributed by atoms with E-state index in [-0.39, 0.29) is 18.0 Å². The summed E-state index contributed by atoms with van der Waals surface area (Å²) >= 11 is 0. The van der Waals surface area contributed by atoms with Crippen LogP contribution in [-0.2, 0) is 6.54 Å². The Hall–Kier alpha value is -2.36. The Kier molecular flexibility index (Phi) is 3.14. The van der Waals surface area contributed by atoms with E-state index in [9.17, 15) is 4.79 Å². The van der Waals surface area contributed by atoms with Crippen LogP contribution in [0.5, 0.6) is 0 Å². The largest absolute Gasteiger partial charge is 0.331 e. The normalized spacial score (nSPS) is 26.7. The van der Waals surface area contributed by atoms with Crippen molar-refractivity contribution in [3.63, 3.8) is 0 Å². The average Bonchev–Trinajstić information content (AvgIpc) is 2.45. The van der Waals surface area contributed by atoms with Crippen LogP contribution in [0.3, 0.4) is 0 Å². The molecule has 1 heterocycles. The predicted octanol–water partition coefficient (Wildman–Crippen LogP) is 2.01. The number of rotatable bonds is 2. The average molecular weight is 253 g/mol. The number of aliphatic imine (C=N–C) groups is 1. The number of fused-ring (bicyclic) bond motifs is 1. The number of carbonyl (C=O) groups excluding carboxylic acids is 1. The second-order valence-electron chi connectivity index (χ2n) is 4.61. The lowest BCUT2D eigenvalue weighted by Gasteiger charge is -2.31. The van der Waals surface area contributed by atoms with Gasteiger partial charge in [0.15, 0.2) is 0 Å². The van der Waals surface area contributed by atoms with Crippen LogP contribution in [0.15, 0.2) is 59.6 Å². The highest BCUT2D eigenvalue weighted by Crippen LogP contribution is 2.17. The Morgan fingerprint density at radius 2 is 1.89 bits per heavy atom. The number of urea groups is 1. The highest BCUT2D eigenvalue weighted by Gasteiger charge is 2.30. The van der Waals surface area contributed by atoms with Crippen LogP contribution in [-0.4, -0.2) is 17.9 Å². The summed E-state index contributed by atoms with van der Waals surface area (Å²) in [7, 11) is 0. The van der Waals surface area contributed by atoms with Gasteiger partial charge in [-0.25, -0.2) is 4.79 Å². The van der Waals surface area contributed by atoms with Gasteiger partial charge in [0.05, 0.1) is 18.5 Å². The van der Waals surface area contributed by atoms with E-state index >= 15 is 0 Å². The van der Waals surface area contributed by atoms with Crippen molar-refractivity contribution < 1.29 is 4.79 Å². The van der Waals surface area contributed by atoms with Crippen molar-refractivity contribution in [2.45, 2.75) is 12.6 Å². The fraction of sp³-hybridized carbons (Fsp3) is 0.200. The van der Waals surface area contributed by atoms with Crippen LogP contribution in [0.2, 0.25) is 0 Å². The summed E-state index contributed by atoms with van der Waals surface area (Å²) in [6.45, 7) is 0.581. The molecule has 1 aromatic rings. The molecule has 1 aliphatic carbocycles. The lowest BCUT2D eigenvalue weighted by atomic mass is 9.92. The first-order valence-electron chi connectivity index (χ1n) is 6.34. The first-order chi connectivity index (χ1) is 9.33. The number of benzene rings is 1. The maximum absolute atomic E-state index is 11.6. The van der Waals surface area contributed by atoms with Crippen LogP contribution in [0.4, 0.5) is 4.79 Å². The molecule has 0 aromatic heterocycles. The molecule has 4 heteroatoms. The summed E-state index contributed by atoms with van der Waals surface area (Å²) < 4.78 is 0. The van der Waals surface area contributed by atoms with E-state index in [1.54, 1.807) is 0 Å². The van der Waals surface area contributed by atoms with Crippen molar-refractivity contribution in [1.29, 1.82) is 0 Å². The molecule has 0 spiro atoms. The third-order valence-corrected chi connectivity index (χ3v) is 3.26. The number of nitrogens with zero attached hydrogens (tertiary/aromatic N) is 1. The minimum atomic E-state index is -0.187. The zero-order valence-corrected chi connectivity index (χ0v) is 10.4. The predicted molar refractivity (Wildman–Crippen MR) is 74.8 cm³/mol. The van der Waals surface area contributed by atoms with Crippen molar-refractivity contribution in [2.75, 3.05) is 0 Å². The molecule has 2 unspecified atom stereocenters. The van der Waals surface area contributed by atoms with Crippen molar-refractivity contribution >= 4 is 11.9 Å². The van der Waals surface area contributed by atoms with Gasteiger partial charge in [0.1, 0.15) is 5.84 Å². The van der Waals surface area contributed by atoms with Gasteiger partial charge in [-0.1, -0.05) is 54.6 Å². The molecule has 1 fully saturated rings. The minimum absolute atomic E-state index is 0.00766. The standard InChI is InChI=1S/C15H15N3O/c19-15-17-13-9-5-4-8-12(13)14(18-15)16-10-11-6-2-1-3-7-11/h1-9,12-13H,10H2,(H2,16,17,18,19). The molecule has 0 radical (unpaired) electrons. The lowest BCUT2D eigenvalue weighted by molar-refractivity contribution is 0.239. The number of hydrogen-bond acceptors (Lipinski definition) is 2. The molecule has 2 atom stereocenters. The van der Waals surface area contributed by atoms with E-state index in [1.807, 2.05) is 48.6 Å². The van der Waals surface area contributed by atoms with E-state index in [0.29, 0.717) is 6.54 Å². The van der Waals surface area contributed by atoms with E-state index in [2.05, 4.69) is 21.7 Å². The van der Waals surface area contributed by atoms with Gasteiger partial charge in [-0.05, 0) is 5.56 Å².